The van der Waals surface area contributed by atoms with Crippen molar-refractivity contribution in [2.75, 3.05) is 6.54 Å². The van der Waals surface area contributed by atoms with Gasteiger partial charge < -0.3 is 10.1 Å². The minimum atomic E-state index is 0.148. The van der Waals surface area contributed by atoms with Crippen LogP contribution in [-0.4, -0.2) is 24.3 Å². The summed E-state index contributed by atoms with van der Waals surface area (Å²) >= 11 is 0. The second-order valence-electron chi connectivity index (χ2n) is 12.5. The van der Waals surface area contributed by atoms with Gasteiger partial charge in [-0.1, -0.05) is 37.8 Å². The third-order valence-corrected chi connectivity index (χ3v) is 10.9. The summed E-state index contributed by atoms with van der Waals surface area (Å²) in [4.78, 5) is 0. The highest BCUT2D eigenvalue weighted by molar-refractivity contribution is 5.28. The maximum Gasteiger partial charge on any atom is 0.0740 e. The van der Waals surface area contributed by atoms with Gasteiger partial charge in [-0.15, -0.1) is 0 Å². The van der Waals surface area contributed by atoms with Crippen LogP contribution in [0.25, 0.3) is 0 Å². The van der Waals surface area contributed by atoms with E-state index >= 15 is 0 Å². The molecule has 4 aliphatic carbocycles. The predicted molar refractivity (Wildman–Crippen MR) is 119 cm³/mol. The summed E-state index contributed by atoms with van der Waals surface area (Å²) in [5.41, 5.74) is 4.44. The first-order valence-electron chi connectivity index (χ1n) is 13.1. The third kappa shape index (κ3) is 2.94. The molecule has 162 valence electrons. The van der Waals surface area contributed by atoms with Crippen LogP contribution in [0.2, 0.25) is 0 Å². The summed E-state index contributed by atoms with van der Waals surface area (Å²) < 4.78 is 6.92. The zero-order valence-electron chi connectivity index (χ0n) is 19.1. The summed E-state index contributed by atoms with van der Waals surface area (Å²) in [6.07, 6.45) is 17.4. The van der Waals surface area contributed by atoms with Gasteiger partial charge >= 0.3 is 0 Å². The molecule has 0 amide bonds. The van der Waals surface area contributed by atoms with E-state index in [0.29, 0.717) is 17.6 Å². The Labute approximate surface area is 178 Å². The SMILES string of the molecule is CC1=C2CC3[C@@H](CC[C@@H]4CCCC[C@]34C)C2CCC2(C1)C[C@@H]1NCC(C)C[C@H]1O2. The van der Waals surface area contributed by atoms with Crippen LogP contribution in [0.5, 0.6) is 0 Å². The first-order valence-corrected chi connectivity index (χ1v) is 13.1. The van der Waals surface area contributed by atoms with Gasteiger partial charge in [0.25, 0.3) is 0 Å². The molecule has 5 fully saturated rings. The number of nitrogens with one attached hydrogen (secondary N) is 1. The molecule has 2 saturated heterocycles. The molecule has 2 aliphatic heterocycles. The largest absolute Gasteiger partial charge is 0.370 e. The smallest absolute Gasteiger partial charge is 0.0740 e. The van der Waals surface area contributed by atoms with Crippen molar-refractivity contribution in [3.63, 3.8) is 0 Å². The molecule has 6 rings (SSSR count). The molecular formula is C27H43NO. The average Bonchev–Trinajstić information content (AvgIpc) is 3.20. The molecule has 9 atom stereocenters. The van der Waals surface area contributed by atoms with Crippen molar-refractivity contribution in [1.82, 2.24) is 5.32 Å². The highest BCUT2D eigenvalue weighted by Gasteiger charge is 2.57. The topological polar surface area (TPSA) is 21.3 Å². The standard InChI is InChI=1S/C27H43NO/c1-17-12-25-24(28-16-17)15-27(29-25)11-9-20-21-8-7-19-6-4-5-10-26(19,3)23(21)13-22(20)18(2)14-27/h17,19-21,23-25,28H,4-16H2,1-3H3/t17?,19-,20?,21-,23?,24-,25+,26-,27?/m0/s1. The number of fused-ring (bicyclic) bond motifs is 6. The fourth-order valence-electron chi connectivity index (χ4n) is 9.48. The van der Waals surface area contributed by atoms with Gasteiger partial charge in [0.15, 0.2) is 0 Å². The molecule has 0 bridgehead atoms. The first-order chi connectivity index (χ1) is 14.0. The van der Waals surface area contributed by atoms with Crippen LogP contribution in [0, 0.1) is 35.0 Å². The Balaban J connectivity index is 1.26. The predicted octanol–water partition coefficient (Wildman–Crippen LogP) is 6.26. The lowest BCUT2D eigenvalue weighted by molar-refractivity contribution is -0.0641. The molecule has 2 nitrogen and oxygen atoms in total. The van der Waals surface area contributed by atoms with Gasteiger partial charge in [-0.2, -0.15) is 0 Å². The third-order valence-electron chi connectivity index (χ3n) is 10.9. The van der Waals surface area contributed by atoms with Gasteiger partial charge in [0.2, 0.25) is 0 Å². The van der Waals surface area contributed by atoms with Gasteiger partial charge in [-0.3, -0.25) is 0 Å². The Morgan fingerprint density at radius 2 is 1.97 bits per heavy atom. The first kappa shape index (κ1) is 19.4. The number of ether oxygens (including phenoxy) is 1. The zero-order chi connectivity index (χ0) is 19.8. The minimum Gasteiger partial charge on any atom is -0.370 e. The number of rotatable bonds is 0. The molecule has 1 spiro atoms. The van der Waals surface area contributed by atoms with Gasteiger partial charge in [-0.25, -0.2) is 0 Å². The molecule has 4 unspecified atom stereocenters. The molecule has 0 aromatic carbocycles. The van der Waals surface area contributed by atoms with E-state index in [-0.39, 0.29) is 5.60 Å². The van der Waals surface area contributed by atoms with Crippen molar-refractivity contribution in [2.45, 2.75) is 116 Å². The lowest BCUT2D eigenvalue weighted by Gasteiger charge is -2.52. The van der Waals surface area contributed by atoms with Crippen LogP contribution in [0.15, 0.2) is 11.1 Å². The van der Waals surface area contributed by atoms with Crippen LogP contribution < -0.4 is 5.32 Å². The Morgan fingerprint density at radius 3 is 2.86 bits per heavy atom. The summed E-state index contributed by atoms with van der Waals surface area (Å²) in [5, 5.41) is 3.83. The molecule has 0 aromatic heterocycles. The Morgan fingerprint density at radius 1 is 1.07 bits per heavy atom. The lowest BCUT2D eigenvalue weighted by atomic mass is 9.52. The van der Waals surface area contributed by atoms with Crippen molar-refractivity contribution in [1.29, 1.82) is 0 Å². The van der Waals surface area contributed by atoms with E-state index in [2.05, 4.69) is 26.1 Å². The van der Waals surface area contributed by atoms with Gasteiger partial charge in [0.05, 0.1) is 11.7 Å². The van der Waals surface area contributed by atoms with Crippen LogP contribution in [0.3, 0.4) is 0 Å². The molecule has 3 saturated carbocycles. The summed E-state index contributed by atoms with van der Waals surface area (Å²) in [7, 11) is 0. The summed E-state index contributed by atoms with van der Waals surface area (Å²) in [5.74, 6) is 4.65. The second-order valence-corrected chi connectivity index (χ2v) is 12.5. The Hall–Kier alpha value is -0.340. The Bertz CT molecular complexity index is 699. The number of allylic oxidation sites excluding steroid dienone is 1. The maximum absolute atomic E-state index is 6.92. The van der Waals surface area contributed by atoms with Crippen molar-refractivity contribution in [2.24, 2.45) is 35.0 Å². The van der Waals surface area contributed by atoms with Crippen LogP contribution in [-0.2, 0) is 4.74 Å². The summed E-state index contributed by atoms with van der Waals surface area (Å²) in [6, 6.07) is 0.617. The summed E-state index contributed by atoms with van der Waals surface area (Å²) in [6.45, 7) is 8.76. The molecule has 1 N–H and O–H groups in total. The zero-order valence-corrected chi connectivity index (χ0v) is 19.1. The van der Waals surface area contributed by atoms with Crippen LogP contribution in [0.4, 0.5) is 0 Å². The molecule has 0 aromatic rings. The van der Waals surface area contributed by atoms with Crippen molar-refractivity contribution < 1.29 is 4.74 Å². The molecule has 2 heterocycles. The number of hydrogen-bond donors (Lipinski definition) is 1. The lowest BCUT2D eigenvalue weighted by Crippen LogP contribution is -2.45. The highest BCUT2D eigenvalue weighted by Crippen LogP contribution is 2.64. The minimum absolute atomic E-state index is 0.148. The monoisotopic (exact) mass is 397 g/mol. The normalized spacial score (nSPS) is 54.5. The van der Waals surface area contributed by atoms with Crippen LogP contribution in [0.1, 0.15) is 97.8 Å². The molecule has 2 heteroatoms. The molecular weight excluding hydrogens is 354 g/mol. The van der Waals surface area contributed by atoms with Gasteiger partial charge in [-0.05, 0) is 113 Å². The number of hydrogen-bond acceptors (Lipinski definition) is 2. The molecule has 0 radical (unpaired) electrons. The van der Waals surface area contributed by atoms with E-state index in [1.165, 1.54) is 83.6 Å². The number of piperidine rings is 1. The van der Waals surface area contributed by atoms with Gasteiger partial charge in [0.1, 0.15) is 0 Å². The molecule has 6 aliphatic rings. The quantitative estimate of drug-likeness (QED) is 0.487. The van der Waals surface area contributed by atoms with Crippen LogP contribution >= 0.6 is 0 Å². The van der Waals surface area contributed by atoms with E-state index in [9.17, 15) is 0 Å². The average molecular weight is 398 g/mol. The van der Waals surface area contributed by atoms with E-state index in [4.69, 9.17) is 4.74 Å². The van der Waals surface area contributed by atoms with E-state index in [1.54, 1.807) is 5.57 Å². The maximum atomic E-state index is 6.92. The van der Waals surface area contributed by atoms with Crippen molar-refractivity contribution >= 4 is 0 Å². The highest BCUT2D eigenvalue weighted by atomic mass is 16.5. The van der Waals surface area contributed by atoms with Gasteiger partial charge in [0, 0.05) is 6.04 Å². The van der Waals surface area contributed by atoms with Crippen molar-refractivity contribution in [3.8, 4) is 0 Å². The second kappa shape index (κ2) is 6.83. The van der Waals surface area contributed by atoms with E-state index in [1.807, 2.05) is 5.57 Å². The van der Waals surface area contributed by atoms with E-state index in [0.717, 1.165) is 29.6 Å². The van der Waals surface area contributed by atoms with E-state index < -0.39 is 0 Å². The Kier molecular flexibility index (Phi) is 4.56. The molecule has 29 heavy (non-hydrogen) atoms. The fraction of sp³-hybridized carbons (Fsp3) is 0.926. The van der Waals surface area contributed by atoms with Crippen molar-refractivity contribution in [3.05, 3.63) is 11.1 Å². The fourth-order valence-corrected chi connectivity index (χ4v) is 9.48.